The average Bonchev–Trinajstić information content (AvgIpc) is 3.13. The number of aromatic nitrogens is 4. The van der Waals surface area contributed by atoms with Gasteiger partial charge in [0.15, 0.2) is 11.9 Å². The number of nitrogens with zero attached hydrogens (tertiary/aromatic N) is 4. The third-order valence-electron chi connectivity index (χ3n) is 4.46. The van der Waals surface area contributed by atoms with E-state index in [2.05, 4.69) is 28.8 Å². The molecule has 3 heterocycles. The SMILES string of the molecule is COC1[C@@H](OP([O-])(=S)OC(C)C)[C@@H](CC(C)C)O[C@H]1n1cnc2cnc(N)nc21. The molecule has 1 aliphatic heterocycles. The lowest BCUT2D eigenvalue weighted by atomic mass is 10.0. The molecule has 1 fully saturated rings. The normalized spacial score (nSPS) is 27.2. The smallest absolute Gasteiger partial charge is 0.222 e. The Hall–Kier alpha value is -1.20. The third kappa shape index (κ3) is 5.11. The molecular weight excluding hydrogens is 417 g/mol. The summed E-state index contributed by atoms with van der Waals surface area (Å²) in [5.74, 6) is 0.425. The third-order valence-corrected chi connectivity index (χ3v) is 6.16. The molecule has 0 spiro atoms. The van der Waals surface area contributed by atoms with Gasteiger partial charge in [0.2, 0.25) is 5.95 Å². The lowest BCUT2D eigenvalue weighted by Gasteiger charge is -2.35. The van der Waals surface area contributed by atoms with E-state index in [0.29, 0.717) is 23.5 Å². The maximum atomic E-state index is 12.7. The second kappa shape index (κ2) is 8.89. The zero-order valence-corrected chi connectivity index (χ0v) is 18.8. The van der Waals surface area contributed by atoms with Crippen LogP contribution in [0.4, 0.5) is 5.95 Å². The largest absolute Gasteiger partial charge is 0.780 e. The number of nitrogens with two attached hydrogens (primary N) is 1. The first kappa shape index (κ1) is 22.5. The van der Waals surface area contributed by atoms with Crippen molar-refractivity contribution in [2.45, 2.75) is 64.8 Å². The zero-order valence-electron chi connectivity index (χ0n) is 17.1. The second-order valence-electron chi connectivity index (χ2n) is 7.66. The molecule has 12 heteroatoms. The van der Waals surface area contributed by atoms with Crippen LogP contribution in [0.5, 0.6) is 0 Å². The fourth-order valence-electron chi connectivity index (χ4n) is 3.42. The topological polar surface area (TPSA) is 130 Å². The van der Waals surface area contributed by atoms with E-state index in [4.69, 9.17) is 36.1 Å². The standard InChI is InChI=1S/C17H28N5O5PS/c1-9(2)6-12-13(27-28(23,29)26-10(3)4)14(24-5)16(25-12)22-8-20-11-7-19-17(18)21-15(11)22/h7-10,12-14,16H,6H2,1-5H3,(H,23,29)(H2,18,19,21)/p-1/t12-,13+,14?,16-,28?/m1/s1. The van der Waals surface area contributed by atoms with Gasteiger partial charge in [0.1, 0.15) is 24.4 Å². The summed E-state index contributed by atoms with van der Waals surface area (Å²) in [6.45, 7) is 3.89. The van der Waals surface area contributed by atoms with E-state index in [-0.39, 0.29) is 12.1 Å². The van der Waals surface area contributed by atoms with E-state index in [0.717, 1.165) is 0 Å². The van der Waals surface area contributed by atoms with Gasteiger partial charge in [-0.15, -0.1) is 0 Å². The van der Waals surface area contributed by atoms with Crippen molar-refractivity contribution in [1.29, 1.82) is 0 Å². The van der Waals surface area contributed by atoms with Gasteiger partial charge in [-0.25, -0.2) is 9.97 Å². The molecule has 0 radical (unpaired) electrons. The van der Waals surface area contributed by atoms with Crippen molar-refractivity contribution in [2.24, 2.45) is 5.92 Å². The Kier molecular flexibility index (Phi) is 6.89. The summed E-state index contributed by atoms with van der Waals surface area (Å²) in [6, 6.07) is 0. The van der Waals surface area contributed by atoms with E-state index in [1.165, 1.54) is 7.11 Å². The summed E-state index contributed by atoms with van der Waals surface area (Å²) in [5, 5.41) is 0. The summed E-state index contributed by atoms with van der Waals surface area (Å²) < 4.78 is 24.8. The minimum atomic E-state index is -3.74. The number of rotatable bonds is 8. The lowest BCUT2D eigenvalue weighted by molar-refractivity contribution is -0.217. The highest BCUT2D eigenvalue weighted by molar-refractivity contribution is 8.06. The first-order chi connectivity index (χ1) is 13.6. The molecule has 2 aromatic heterocycles. The Morgan fingerprint density at radius 1 is 1.31 bits per heavy atom. The molecule has 2 aromatic rings. The van der Waals surface area contributed by atoms with Crippen LogP contribution in [0.3, 0.4) is 0 Å². The Balaban J connectivity index is 1.96. The van der Waals surface area contributed by atoms with Gasteiger partial charge in [-0.05, 0) is 26.2 Å². The van der Waals surface area contributed by atoms with Crippen LogP contribution in [0.1, 0.15) is 40.3 Å². The number of nitrogen functional groups attached to an aromatic ring is 1. The summed E-state index contributed by atoms with van der Waals surface area (Å²) >= 11 is 5.10. The zero-order chi connectivity index (χ0) is 21.3. The van der Waals surface area contributed by atoms with Crippen LogP contribution in [0.2, 0.25) is 0 Å². The Bertz CT molecular complexity index is 894. The Morgan fingerprint density at radius 2 is 2.03 bits per heavy atom. The van der Waals surface area contributed by atoms with Crippen molar-refractivity contribution in [3.63, 3.8) is 0 Å². The van der Waals surface area contributed by atoms with E-state index in [9.17, 15) is 4.89 Å². The van der Waals surface area contributed by atoms with E-state index in [1.54, 1.807) is 30.9 Å². The van der Waals surface area contributed by atoms with Gasteiger partial charge >= 0.3 is 0 Å². The highest BCUT2D eigenvalue weighted by atomic mass is 32.5. The van der Waals surface area contributed by atoms with Crippen molar-refractivity contribution in [1.82, 2.24) is 19.5 Å². The number of methoxy groups -OCH3 is 1. The molecule has 1 aliphatic rings. The number of ether oxygens (including phenoxy) is 2. The van der Waals surface area contributed by atoms with Crippen LogP contribution < -0.4 is 10.6 Å². The van der Waals surface area contributed by atoms with Crippen LogP contribution in [-0.2, 0) is 30.3 Å². The lowest BCUT2D eigenvalue weighted by Crippen LogP contribution is -2.37. The second-order valence-corrected chi connectivity index (χ2v) is 10.3. The van der Waals surface area contributed by atoms with Crippen LogP contribution in [0.15, 0.2) is 12.5 Å². The van der Waals surface area contributed by atoms with Gasteiger partial charge in [-0.1, -0.05) is 25.7 Å². The molecule has 0 aliphatic carbocycles. The van der Waals surface area contributed by atoms with Crippen LogP contribution in [0, 0.1) is 5.92 Å². The molecule has 162 valence electrons. The molecular formula is C17H27N5O5PS-. The molecule has 10 nitrogen and oxygen atoms in total. The summed E-state index contributed by atoms with van der Waals surface area (Å²) in [4.78, 5) is 25.3. The molecule has 0 aromatic carbocycles. The van der Waals surface area contributed by atoms with Crippen molar-refractivity contribution in [2.75, 3.05) is 12.8 Å². The first-order valence-electron chi connectivity index (χ1n) is 9.42. The molecule has 0 saturated carbocycles. The summed E-state index contributed by atoms with van der Waals surface area (Å²) in [6.07, 6.45) is 1.11. The van der Waals surface area contributed by atoms with Gasteiger partial charge in [0.25, 0.3) is 0 Å². The number of anilines is 1. The quantitative estimate of drug-likeness (QED) is 0.601. The maximum Gasteiger partial charge on any atom is 0.222 e. The minimum absolute atomic E-state index is 0.123. The number of hydrogen-bond acceptors (Lipinski definition) is 10. The molecule has 3 rings (SSSR count). The van der Waals surface area contributed by atoms with E-state index >= 15 is 0 Å². The highest BCUT2D eigenvalue weighted by Crippen LogP contribution is 2.48. The van der Waals surface area contributed by atoms with Gasteiger partial charge in [-0.2, -0.15) is 4.98 Å². The van der Waals surface area contributed by atoms with Crippen molar-refractivity contribution >= 4 is 35.6 Å². The first-order valence-corrected chi connectivity index (χ1v) is 12.0. The Morgan fingerprint density at radius 3 is 2.66 bits per heavy atom. The molecule has 0 amide bonds. The molecule has 1 saturated heterocycles. The monoisotopic (exact) mass is 444 g/mol. The van der Waals surface area contributed by atoms with Crippen LogP contribution in [-0.4, -0.2) is 51.0 Å². The molecule has 5 atom stereocenters. The van der Waals surface area contributed by atoms with Gasteiger partial charge in [-0.3, -0.25) is 4.57 Å². The van der Waals surface area contributed by atoms with Crippen molar-refractivity contribution in [3.05, 3.63) is 12.5 Å². The van der Waals surface area contributed by atoms with Crippen LogP contribution >= 0.6 is 6.72 Å². The molecule has 29 heavy (non-hydrogen) atoms. The average molecular weight is 444 g/mol. The fraction of sp³-hybridized carbons (Fsp3) is 0.706. The van der Waals surface area contributed by atoms with Gasteiger partial charge in [0.05, 0.1) is 24.7 Å². The fourth-order valence-corrected chi connectivity index (χ4v) is 5.36. The molecule has 2 N–H and O–H groups in total. The van der Waals surface area contributed by atoms with Crippen molar-refractivity contribution < 1.29 is 23.4 Å². The van der Waals surface area contributed by atoms with E-state index in [1.807, 2.05) is 0 Å². The van der Waals surface area contributed by atoms with Gasteiger partial charge in [0, 0.05) is 7.11 Å². The predicted octanol–water partition coefficient (Wildman–Crippen LogP) is 1.76. The number of hydrogen-bond donors (Lipinski definition) is 1. The summed E-state index contributed by atoms with van der Waals surface area (Å²) in [7, 11) is 1.54. The van der Waals surface area contributed by atoms with Crippen LogP contribution in [0.25, 0.3) is 11.2 Å². The van der Waals surface area contributed by atoms with E-state index < -0.39 is 31.3 Å². The summed E-state index contributed by atoms with van der Waals surface area (Å²) in [5.41, 5.74) is 6.82. The number of fused-ring (bicyclic) bond motifs is 1. The Labute approximate surface area is 175 Å². The highest BCUT2D eigenvalue weighted by Gasteiger charge is 2.48. The van der Waals surface area contributed by atoms with Crippen molar-refractivity contribution in [3.8, 4) is 0 Å². The minimum Gasteiger partial charge on any atom is -0.780 e. The van der Waals surface area contributed by atoms with Gasteiger partial charge < -0.3 is 29.1 Å². The maximum absolute atomic E-state index is 12.7. The molecule has 2 unspecified atom stereocenters. The number of imidazole rings is 1. The molecule has 0 bridgehead atoms. The predicted molar refractivity (Wildman–Crippen MR) is 109 cm³/mol.